The number of aliphatic hydroxyl groups excluding tert-OH is 4. The highest BCUT2D eigenvalue weighted by atomic mass is 16.7. The lowest BCUT2D eigenvalue weighted by Crippen LogP contribution is -2.55. The summed E-state index contributed by atoms with van der Waals surface area (Å²) in [5.74, 6) is -2.73. The number of ether oxygens (including phenoxy) is 2. The van der Waals surface area contributed by atoms with Crippen molar-refractivity contribution in [3.63, 3.8) is 0 Å². The van der Waals surface area contributed by atoms with E-state index in [1.807, 2.05) is 0 Å². The first-order chi connectivity index (χ1) is 6.48. The fraction of sp³-hybridized carbons (Fsp3) is 0.429. The molecule has 0 aromatic carbocycles. The van der Waals surface area contributed by atoms with Gasteiger partial charge in [0.1, 0.15) is 0 Å². The highest BCUT2D eigenvalue weighted by Crippen LogP contribution is 2.38. The number of nitrogens with two attached hydrogens (primary N) is 1. The fourth-order valence-electron chi connectivity index (χ4n) is 1.38. The predicted octanol–water partition coefficient (Wildman–Crippen LogP) is -0.883. The van der Waals surface area contributed by atoms with E-state index in [2.05, 4.69) is 0 Å². The van der Waals surface area contributed by atoms with Gasteiger partial charge in [0.25, 0.3) is 0 Å². The second-order valence-electron chi connectivity index (χ2n) is 3.01. The smallest absolute Gasteiger partial charge is 0.216 e. The Labute approximate surface area is 78.3 Å². The molecule has 1 heterocycles. The number of fused-ring (bicyclic) bond motifs is 1. The van der Waals surface area contributed by atoms with E-state index in [0.717, 1.165) is 0 Å². The molecule has 0 aromatic rings. The first-order valence-electron chi connectivity index (χ1n) is 3.78. The maximum atomic E-state index is 9.45. The van der Waals surface area contributed by atoms with Gasteiger partial charge >= 0.3 is 0 Å². The SMILES string of the molecule is NC12OCOC1=C(O)C(O)=C(O)C2O. The first kappa shape index (κ1) is 9.13. The van der Waals surface area contributed by atoms with Crippen LogP contribution in [0.5, 0.6) is 0 Å². The molecule has 0 saturated carbocycles. The molecule has 0 amide bonds. The Morgan fingerprint density at radius 2 is 1.93 bits per heavy atom. The minimum Gasteiger partial charge on any atom is -0.506 e. The maximum absolute atomic E-state index is 9.45. The second kappa shape index (κ2) is 2.53. The molecule has 2 atom stereocenters. The van der Waals surface area contributed by atoms with Gasteiger partial charge in [0.15, 0.2) is 24.4 Å². The van der Waals surface area contributed by atoms with Crippen LogP contribution in [-0.2, 0) is 9.47 Å². The summed E-state index contributed by atoms with van der Waals surface area (Å²) < 4.78 is 9.61. The minimum atomic E-state index is -1.83. The van der Waals surface area contributed by atoms with Gasteiger partial charge in [-0.3, -0.25) is 5.73 Å². The molecule has 1 fully saturated rings. The van der Waals surface area contributed by atoms with Gasteiger partial charge in [-0.25, -0.2) is 0 Å². The molecule has 0 bridgehead atoms. The average Bonchev–Trinajstić information content (AvgIpc) is 2.55. The van der Waals surface area contributed by atoms with Crippen LogP contribution in [0.25, 0.3) is 0 Å². The topological polar surface area (TPSA) is 125 Å². The number of hydrogen-bond acceptors (Lipinski definition) is 7. The fourth-order valence-corrected chi connectivity index (χ4v) is 1.38. The van der Waals surface area contributed by atoms with Gasteiger partial charge < -0.3 is 29.9 Å². The van der Waals surface area contributed by atoms with Gasteiger partial charge in [0, 0.05) is 0 Å². The molecule has 6 N–H and O–H groups in total. The number of hydrogen-bond donors (Lipinski definition) is 5. The summed E-state index contributed by atoms with van der Waals surface area (Å²) in [6.07, 6.45) is -1.67. The van der Waals surface area contributed by atoms with Gasteiger partial charge in [-0.15, -0.1) is 0 Å². The summed E-state index contributed by atoms with van der Waals surface area (Å²) in [4.78, 5) is 0. The van der Waals surface area contributed by atoms with Crippen LogP contribution in [0, 0.1) is 0 Å². The molecule has 2 aliphatic rings. The Balaban J connectivity index is 2.58. The Hall–Kier alpha value is -1.44. The standard InChI is InChI=1S/C7H9NO6/c8-7-5(12)3(10)2(9)4(11)6(7)13-1-14-7/h5,9-12H,1,8H2. The summed E-state index contributed by atoms with van der Waals surface area (Å²) in [5, 5.41) is 37.1. The predicted molar refractivity (Wildman–Crippen MR) is 41.9 cm³/mol. The van der Waals surface area contributed by atoms with E-state index in [4.69, 9.17) is 20.3 Å². The lowest BCUT2D eigenvalue weighted by Gasteiger charge is -2.30. The molecule has 0 spiro atoms. The van der Waals surface area contributed by atoms with Crippen LogP contribution in [0.2, 0.25) is 0 Å². The van der Waals surface area contributed by atoms with Gasteiger partial charge in [0.05, 0.1) is 0 Å². The van der Waals surface area contributed by atoms with E-state index in [-0.39, 0.29) is 12.6 Å². The molecule has 78 valence electrons. The molecule has 2 unspecified atom stereocenters. The summed E-state index contributed by atoms with van der Waals surface area (Å²) in [6, 6.07) is 0. The molecule has 1 aliphatic heterocycles. The van der Waals surface area contributed by atoms with E-state index in [9.17, 15) is 15.3 Å². The van der Waals surface area contributed by atoms with Gasteiger partial charge in [-0.1, -0.05) is 0 Å². The third kappa shape index (κ3) is 0.857. The Morgan fingerprint density at radius 1 is 1.29 bits per heavy atom. The van der Waals surface area contributed by atoms with E-state index in [1.165, 1.54) is 0 Å². The van der Waals surface area contributed by atoms with Crippen LogP contribution in [0.3, 0.4) is 0 Å². The highest BCUT2D eigenvalue weighted by molar-refractivity contribution is 5.38. The quantitative estimate of drug-likeness (QED) is 0.346. The molecular weight excluding hydrogens is 194 g/mol. The molecule has 1 saturated heterocycles. The number of rotatable bonds is 0. The van der Waals surface area contributed by atoms with Crippen molar-refractivity contribution >= 4 is 0 Å². The normalized spacial score (nSPS) is 37.1. The van der Waals surface area contributed by atoms with E-state index in [1.54, 1.807) is 0 Å². The maximum Gasteiger partial charge on any atom is 0.216 e. The van der Waals surface area contributed by atoms with Crippen molar-refractivity contribution in [2.75, 3.05) is 6.79 Å². The van der Waals surface area contributed by atoms with E-state index < -0.39 is 29.1 Å². The first-order valence-corrected chi connectivity index (χ1v) is 3.78. The molecule has 7 nitrogen and oxygen atoms in total. The Morgan fingerprint density at radius 3 is 2.57 bits per heavy atom. The van der Waals surface area contributed by atoms with Crippen molar-refractivity contribution in [2.24, 2.45) is 5.73 Å². The summed E-state index contributed by atoms with van der Waals surface area (Å²) in [6.45, 7) is -0.270. The van der Waals surface area contributed by atoms with Crippen molar-refractivity contribution in [3.8, 4) is 0 Å². The van der Waals surface area contributed by atoms with Crippen LogP contribution in [0.15, 0.2) is 23.0 Å². The molecule has 7 heteroatoms. The van der Waals surface area contributed by atoms with Crippen molar-refractivity contribution in [3.05, 3.63) is 23.0 Å². The van der Waals surface area contributed by atoms with Crippen molar-refractivity contribution in [2.45, 2.75) is 11.8 Å². The van der Waals surface area contributed by atoms with Crippen LogP contribution in [0.1, 0.15) is 0 Å². The lowest BCUT2D eigenvalue weighted by molar-refractivity contribution is -0.0799. The van der Waals surface area contributed by atoms with Gasteiger partial charge in [-0.2, -0.15) is 0 Å². The van der Waals surface area contributed by atoms with Gasteiger partial charge in [0.2, 0.25) is 17.2 Å². The minimum absolute atomic E-state index is 0.270. The Kier molecular flexibility index (Phi) is 1.65. The van der Waals surface area contributed by atoms with Crippen LogP contribution >= 0.6 is 0 Å². The Bertz CT molecular complexity index is 348. The second-order valence-corrected chi connectivity index (χ2v) is 3.01. The zero-order chi connectivity index (χ0) is 10.5. The van der Waals surface area contributed by atoms with Crippen molar-refractivity contribution in [1.29, 1.82) is 0 Å². The largest absolute Gasteiger partial charge is 0.506 e. The average molecular weight is 203 g/mol. The third-order valence-corrected chi connectivity index (χ3v) is 2.20. The van der Waals surface area contributed by atoms with Crippen LogP contribution in [-0.4, -0.2) is 39.0 Å². The summed E-state index contributed by atoms with van der Waals surface area (Å²) >= 11 is 0. The number of aliphatic hydroxyl groups is 4. The summed E-state index contributed by atoms with van der Waals surface area (Å²) in [7, 11) is 0. The molecule has 0 radical (unpaired) electrons. The van der Waals surface area contributed by atoms with Crippen molar-refractivity contribution in [1.82, 2.24) is 0 Å². The van der Waals surface area contributed by atoms with Crippen LogP contribution < -0.4 is 5.73 Å². The molecule has 1 aliphatic carbocycles. The third-order valence-electron chi connectivity index (χ3n) is 2.20. The summed E-state index contributed by atoms with van der Waals surface area (Å²) in [5.41, 5.74) is 3.70. The van der Waals surface area contributed by atoms with E-state index in [0.29, 0.717) is 0 Å². The van der Waals surface area contributed by atoms with Gasteiger partial charge in [-0.05, 0) is 0 Å². The molecular formula is C7H9NO6. The molecule has 0 aromatic heterocycles. The zero-order valence-electron chi connectivity index (χ0n) is 6.97. The van der Waals surface area contributed by atoms with E-state index >= 15 is 0 Å². The molecule has 2 rings (SSSR count). The highest BCUT2D eigenvalue weighted by Gasteiger charge is 2.53. The zero-order valence-corrected chi connectivity index (χ0v) is 6.97. The monoisotopic (exact) mass is 203 g/mol. The van der Waals surface area contributed by atoms with Crippen molar-refractivity contribution < 1.29 is 29.9 Å². The molecule has 14 heavy (non-hydrogen) atoms. The van der Waals surface area contributed by atoms with Crippen LogP contribution in [0.4, 0.5) is 0 Å². The lowest BCUT2D eigenvalue weighted by atomic mass is 9.96.